The molecule has 0 radical (unpaired) electrons. The molecule has 1 unspecified atom stereocenters. The number of hydrogen-bond donors (Lipinski definition) is 2. The number of guanidine groups is 1. The summed E-state index contributed by atoms with van der Waals surface area (Å²) >= 11 is 6.29. The molecule has 0 saturated carbocycles. The van der Waals surface area contributed by atoms with Crippen LogP contribution in [-0.4, -0.2) is 67.7 Å². The van der Waals surface area contributed by atoms with Gasteiger partial charge in [0.15, 0.2) is 5.96 Å². The van der Waals surface area contributed by atoms with Crippen molar-refractivity contribution < 1.29 is 0 Å². The summed E-state index contributed by atoms with van der Waals surface area (Å²) in [5.74, 6) is 2.48. The lowest BCUT2D eigenvalue weighted by molar-refractivity contribution is 0.226. The molecule has 158 valence electrons. The normalized spacial score (nSPS) is 23.2. The Morgan fingerprint density at radius 3 is 2.89 bits per heavy atom. The fourth-order valence-corrected chi connectivity index (χ4v) is 4.36. The SMILES string of the molecule is CN=C(NC[C@H]1CCCN1CC(C)C)NC1CCN(c2ncccc2Cl)C1.I. The highest BCUT2D eigenvalue weighted by Crippen LogP contribution is 2.25. The first-order chi connectivity index (χ1) is 13.1. The first-order valence-electron chi connectivity index (χ1n) is 10.1. The molecule has 0 aromatic carbocycles. The third-order valence-electron chi connectivity index (χ3n) is 5.40. The van der Waals surface area contributed by atoms with Crippen LogP contribution < -0.4 is 15.5 Å². The molecule has 8 heteroatoms. The number of likely N-dealkylation sites (tertiary alicyclic amines) is 1. The number of pyridine rings is 1. The van der Waals surface area contributed by atoms with Gasteiger partial charge in [0.25, 0.3) is 0 Å². The molecular formula is C20H34ClIN6. The summed E-state index contributed by atoms with van der Waals surface area (Å²) in [4.78, 5) is 13.7. The van der Waals surface area contributed by atoms with E-state index >= 15 is 0 Å². The van der Waals surface area contributed by atoms with Gasteiger partial charge in [-0.05, 0) is 43.9 Å². The second-order valence-electron chi connectivity index (χ2n) is 8.02. The number of aliphatic imine (C=N–C) groups is 1. The number of nitrogens with one attached hydrogen (secondary N) is 2. The van der Waals surface area contributed by atoms with Crippen molar-refractivity contribution >= 4 is 47.4 Å². The van der Waals surface area contributed by atoms with Gasteiger partial charge >= 0.3 is 0 Å². The number of halogens is 2. The molecule has 0 bridgehead atoms. The minimum atomic E-state index is 0. The van der Waals surface area contributed by atoms with Crippen molar-refractivity contribution in [1.29, 1.82) is 0 Å². The van der Waals surface area contributed by atoms with Crippen LogP contribution in [0.5, 0.6) is 0 Å². The van der Waals surface area contributed by atoms with E-state index in [4.69, 9.17) is 11.6 Å². The highest BCUT2D eigenvalue weighted by molar-refractivity contribution is 14.0. The Balaban J connectivity index is 0.00000280. The predicted molar refractivity (Wildman–Crippen MR) is 129 cm³/mol. The van der Waals surface area contributed by atoms with Gasteiger partial charge in [0.1, 0.15) is 5.82 Å². The monoisotopic (exact) mass is 520 g/mol. The van der Waals surface area contributed by atoms with Crippen LogP contribution in [0.1, 0.15) is 33.1 Å². The van der Waals surface area contributed by atoms with E-state index in [1.54, 1.807) is 6.20 Å². The third-order valence-corrected chi connectivity index (χ3v) is 5.69. The number of rotatable bonds is 6. The zero-order valence-corrected chi connectivity index (χ0v) is 20.3. The Morgan fingerprint density at radius 2 is 2.18 bits per heavy atom. The van der Waals surface area contributed by atoms with Gasteiger partial charge in [-0.2, -0.15) is 0 Å². The summed E-state index contributed by atoms with van der Waals surface area (Å²) in [6, 6.07) is 4.73. The molecule has 0 spiro atoms. The molecule has 1 aromatic heterocycles. The zero-order chi connectivity index (χ0) is 19.2. The molecule has 2 aliphatic heterocycles. The lowest BCUT2D eigenvalue weighted by Gasteiger charge is -2.27. The fourth-order valence-electron chi connectivity index (χ4n) is 4.12. The second kappa shape index (κ2) is 11.4. The van der Waals surface area contributed by atoms with Crippen molar-refractivity contribution in [1.82, 2.24) is 20.5 Å². The summed E-state index contributed by atoms with van der Waals surface area (Å²) in [5, 5.41) is 7.83. The van der Waals surface area contributed by atoms with E-state index in [0.717, 1.165) is 37.8 Å². The van der Waals surface area contributed by atoms with Gasteiger partial charge in [0, 0.05) is 51.5 Å². The smallest absolute Gasteiger partial charge is 0.191 e. The first kappa shape index (κ1) is 23.5. The van der Waals surface area contributed by atoms with E-state index in [9.17, 15) is 0 Å². The van der Waals surface area contributed by atoms with Crippen LogP contribution in [0, 0.1) is 5.92 Å². The Bertz CT molecular complexity index is 641. The molecule has 2 saturated heterocycles. The fraction of sp³-hybridized carbons (Fsp3) is 0.700. The summed E-state index contributed by atoms with van der Waals surface area (Å²) in [6.07, 6.45) is 5.42. The van der Waals surface area contributed by atoms with E-state index in [1.807, 2.05) is 19.2 Å². The topological polar surface area (TPSA) is 55.8 Å². The quantitative estimate of drug-likeness (QED) is 0.343. The maximum atomic E-state index is 6.29. The van der Waals surface area contributed by atoms with Gasteiger partial charge < -0.3 is 15.5 Å². The molecule has 2 aliphatic rings. The molecule has 0 aliphatic carbocycles. The van der Waals surface area contributed by atoms with E-state index < -0.39 is 0 Å². The van der Waals surface area contributed by atoms with Crippen LogP contribution in [0.4, 0.5) is 5.82 Å². The lowest BCUT2D eigenvalue weighted by atomic mass is 10.1. The van der Waals surface area contributed by atoms with Crippen LogP contribution in [0.25, 0.3) is 0 Å². The van der Waals surface area contributed by atoms with Crippen molar-refractivity contribution in [3.63, 3.8) is 0 Å². The molecule has 3 rings (SSSR count). The van der Waals surface area contributed by atoms with Crippen LogP contribution in [0.15, 0.2) is 23.3 Å². The van der Waals surface area contributed by atoms with Gasteiger partial charge in [-0.3, -0.25) is 9.89 Å². The second-order valence-corrected chi connectivity index (χ2v) is 8.43. The maximum Gasteiger partial charge on any atom is 0.191 e. The van der Waals surface area contributed by atoms with Gasteiger partial charge in [-0.1, -0.05) is 25.4 Å². The number of aromatic nitrogens is 1. The van der Waals surface area contributed by atoms with Crippen LogP contribution in [0.3, 0.4) is 0 Å². The van der Waals surface area contributed by atoms with Gasteiger partial charge in [0.05, 0.1) is 5.02 Å². The zero-order valence-electron chi connectivity index (χ0n) is 17.2. The average molecular weight is 521 g/mol. The predicted octanol–water partition coefficient (Wildman–Crippen LogP) is 3.22. The van der Waals surface area contributed by atoms with Gasteiger partial charge in [-0.25, -0.2) is 4.98 Å². The molecular weight excluding hydrogens is 487 g/mol. The van der Waals surface area contributed by atoms with Crippen LogP contribution in [-0.2, 0) is 0 Å². The first-order valence-corrected chi connectivity index (χ1v) is 10.5. The van der Waals surface area contributed by atoms with Crippen molar-refractivity contribution in [2.75, 3.05) is 44.7 Å². The number of hydrogen-bond acceptors (Lipinski definition) is 4. The maximum absolute atomic E-state index is 6.29. The molecule has 1 aromatic rings. The molecule has 2 atom stereocenters. The van der Waals surface area contributed by atoms with E-state index in [1.165, 1.54) is 25.9 Å². The van der Waals surface area contributed by atoms with Gasteiger partial charge in [-0.15, -0.1) is 24.0 Å². The van der Waals surface area contributed by atoms with Crippen molar-refractivity contribution in [3.05, 3.63) is 23.4 Å². The minimum absolute atomic E-state index is 0. The molecule has 0 amide bonds. The number of nitrogens with zero attached hydrogens (tertiary/aromatic N) is 4. The largest absolute Gasteiger partial charge is 0.355 e. The molecule has 2 N–H and O–H groups in total. The number of anilines is 1. The minimum Gasteiger partial charge on any atom is -0.355 e. The average Bonchev–Trinajstić information content (AvgIpc) is 3.28. The highest BCUT2D eigenvalue weighted by atomic mass is 127. The molecule has 6 nitrogen and oxygen atoms in total. The standard InChI is InChI=1S/C20H33ClN6.HI/c1-15(2)13-26-10-5-6-17(26)12-24-20(22-3)25-16-8-11-27(14-16)19-18(21)7-4-9-23-19;/h4,7,9,15-17H,5-6,8,10-14H2,1-3H3,(H2,22,24,25);1H/t16?,17-;/m1./s1. The molecule has 3 heterocycles. The van der Waals surface area contributed by atoms with Crippen molar-refractivity contribution in [3.8, 4) is 0 Å². The van der Waals surface area contributed by atoms with Gasteiger partial charge in [0.2, 0.25) is 0 Å². The van der Waals surface area contributed by atoms with Crippen molar-refractivity contribution in [2.24, 2.45) is 10.9 Å². The third kappa shape index (κ3) is 6.35. The Morgan fingerprint density at radius 1 is 1.36 bits per heavy atom. The lowest BCUT2D eigenvalue weighted by Crippen LogP contribution is -2.48. The highest BCUT2D eigenvalue weighted by Gasteiger charge is 2.27. The Kier molecular flexibility index (Phi) is 9.56. The van der Waals surface area contributed by atoms with Crippen LogP contribution >= 0.6 is 35.6 Å². The molecule has 28 heavy (non-hydrogen) atoms. The summed E-state index contributed by atoms with van der Waals surface area (Å²) in [5.41, 5.74) is 0. The summed E-state index contributed by atoms with van der Waals surface area (Å²) in [7, 11) is 1.85. The van der Waals surface area contributed by atoms with Crippen LogP contribution in [0.2, 0.25) is 5.02 Å². The Labute approximate surface area is 191 Å². The summed E-state index contributed by atoms with van der Waals surface area (Å²) < 4.78 is 0. The van der Waals surface area contributed by atoms with E-state index in [-0.39, 0.29) is 24.0 Å². The summed E-state index contributed by atoms with van der Waals surface area (Å²) in [6.45, 7) is 9.79. The van der Waals surface area contributed by atoms with E-state index in [2.05, 4.69) is 44.3 Å². The molecule has 2 fully saturated rings. The Hall–Kier alpha value is -0.800. The van der Waals surface area contributed by atoms with Crippen molar-refractivity contribution in [2.45, 2.75) is 45.2 Å². The van der Waals surface area contributed by atoms with E-state index in [0.29, 0.717) is 23.0 Å².